The van der Waals surface area contributed by atoms with E-state index in [1.165, 1.54) is 0 Å². The average Bonchev–Trinajstić information content (AvgIpc) is 2.23. The zero-order valence-corrected chi connectivity index (χ0v) is 9.52. The molecule has 2 rings (SSSR count). The van der Waals surface area contributed by atoms with Crippen molar-refractivity contribution in [2.75, 3.05) is 0 Å². The first-order valence-corrected chi connectivity index (χ1v) is 5.20. The second kappa shape index (κ2) is 4.24. The lowest BCUT2D eigenvalue weighted by Crippen LogP contribution is -1.92. The molecule has 0 N–H and O–H groups in total. The van der Waals surface area contributed by atoms with E-state index in [2.05, 4.69) is 0 Å². The molecule has 0 atom stereocenters. The van der Waals surface area contributed by atoms with Gasteiger partial charge >= 0.3 is 0 Å². The minimum Gasteiger partial charge on any atom is -0.204 e. The predicted octanol–water partition coefficient (Wildman–Crippen LogP) is 4.39. The Morgan fingerprint density at radius 2 is 1.06 bits per heavy atom. The van der Waals surface area contributed by atoms with E-state index < -0.39 is 17.5 Å². The van der Waals surface area contributed by atoms with Crippen LogP contribution in [0.4, 0.5) is 13.2 Å². The second-order valence-corrected chi connectivity index (χ2v) is 4.13. The normalized spacial score (nSPS) is 10.6. The van der Waals surface area contributed by atoms with Crippen LogP contribution in [0.5, 0.6) is 0 Å². The molecule has 0 saturated heterocycles. The van der Waals surface area contributed by atoms with Gasteiger partial charge in [0.25, 0.3) is 0 Å². The van der Waals surface area contributed by atoms with E-state index in [1.54, 1.807) is 12.1 Å². The van der Waals surface area contributed by atoms with E-state index in [0.29, 0.717) is 11.1 Å². The third-order valence-electron chi connectivity index (χ3n) is 2.54. The molecule has 88 valence electrons. The lowest BCUT2D eigenvalue weighted by Gasteiger charge is -2.06. The summed E-state index contributed by atoms with van der Waals surface area (Å²) in [6, 6.07) is 7.58. The molecule has 0 amide bonds. The van der Waals surface area contributed by atoms with E-state index in [4.69, 9.17) is 0 Å². The van der Waals surface area contributed by atoms with Gasteiger partial charge in [0.1, 0.15) is 0 Å². The van der Waals surface area contributed by atoms with Crippen LogP contribution in [-0.4, -0.2) is 0 Å². The summed E-state index contributed by atoms with van der Waals surface area (Å²) in [4.78, 5) is 0. The second-order valence-electron chi connectivity index (χ2n) is 4.13. The fourth-order valence-corrected chi connectivity index (χ4v) is 1.86. The maximum absolute atomic E-state index is 13.1. The summed E-state index contributed by atoms with van der Waals surface area (Å²) in [5, 5.41) is 0. The van der Waals surface area contributed by atoms with Crippen LogP contribution in [0.15, 0.2) is 30.3 Å². The van der Waals surface area contributed by atoms with Gasteiger partial charge in [-0.2, -0.15) is 0 Å². The molecule has 3 heteroatoms. The van der Waals surface area contributed by atoms with E-state index in [1.807, 2.05) is 19.9 Å². The van der Waals surface area contributed by atoms with E-state index in [0.717, 1.165) is 23.3 Å². The minimum absolute atomic E-state index is 0.341. The van der Waals surface area contributed by atoms with Crippen molar-refractivity contribution in [2.45, 2.75) is 13.8 Å². The molecule has 0 unspecified atom stereocenters. The zero-order valence-electron chi connectivity index (χ0n) is 9.52. The fraction of sp³-hybridized carbons (Fsp3) is 0.143. The number of rotatable bonds is 1. The maximum atomic E-state index is 13.1. The summed E-state index contributed by atoms with van der Waals surface area (Å²) in [5.74, 6) is -3.77. The van der Waals surface area contributed by atoms with Gasteiger partial charge in [0, 0.05) is 0 Å². The molecule has 0 aliphatic heterocycles. The first-order chi connectivity index (χ1) is 7.97. The number of hydrogen-bond acceptors (Lipinski definition) is 0. The highest BCUT2D eigenvalue weighted by molar-refractivity contribution is 5.65. The lowest BCUT2D eigenvalue weighted by atomic mass is 10.0. The van der Waals surface area contributed by atoms with Crippen molar-refractivity contribution >= 4 is 0 Å². The van der Waals surface area contributed by atoms with Crippen molar-refractivity contribution in [3.05, 3.63) is 58.9 Å². The van der Waals surface area contributed by atoms with Gasteiger partial charge < -0.3 is 0 Å². The molecule has 0 aliphatic carbocycles. The van der Waals surface area contributed by atoms with Crippen LogP contribution in [0.2, 0.25) is 0 Å². The molecule has 2 aromatic carbocycles. The average molecular weight is 236 g/mol. The largest absolute Gasteiger partial charge is 0.204 e. The van der Waals surface area contributed by atoms with Crippen LogP contribution in [0.1, 0.15) is 11.1 Å². The van der Waals surface area contributed by atoms with Crippen LogP contribution in [0, 0.1) is 31.3 Å². The smallest absolute Gasteiger partial charge is 0.194 e. The highest BCUT2D eigenvalue weighted by Gasteiger charge is 2.11. The van der Waals surface area contributed by atoms with Gasteiger partial charge in [0.15, 0.2) is 17.5 Å². The SMILES string of the molecule is Cc1cc(C)cc(-c2cc(F)c(F)c(F)c2)c1. The summed E-state index contributed by atoms with van der Waals surface area (Å²) in [7, 11) is 0. The van der Waals surface area contributed by atoms with Gasteiger partial charge in [0.05, 0.1) is 0 Å². The number of aryl methyl sites for hydroxylation is 2. The summed E-state index contributed by atoms with van der Waals surface area (Å²) < 4.78 is 39.1. The van der Waals surface area contributed by atoms with Gasteiger partial charge in [-0.1, -0.05) is 29.3 Å². The van der Waals surface area contributed by atoms with Crippen LogP contribution in [0.25, 0.3) is 11.1 Å². The molecular formula is C14H11F3. The number of hydrogen-bond donors (Lipinski definition) is 0. The standard InChI is InChI=1S/C14H11F3/c1-8-3-9(2)5-10(4-8)11-6-12(15)14(17)13(16)7-11/h3-7H,1-2H3. The molecule has 2 aromatic rings. The van der Waals surface area contributed by atoms with Crippen molar-refractivity contribution in [3.63, 3.8) is 0 Å². The van der Waals surface area contributed by atoms with Crippen LogP contribution < -0.4 is 0 Å². The molecule has 0 fully saturated rings. The van der Waals surface area contributed by atoms with Gasteiger partial charge in [0.2, 0.25) is 0 Å². The lowest BCUT2D eigenvalue weighted by molar-refractivity contribution is 0.447. The monoisotopic (exact) mass is 236 g/mol. The number of benzene rings is 2. The van der Waals surface area contributed by atoms with Crippen LogP contribution >= 0.6 is 0 Å². The number of halogens is 3. The molecule has 0 aliphatic rings. The summed E-state index contributed by atoms with van der Waals surface area (Å²) in [6.07, 6.45) is 0. The molecule has 0 nitrogen and oxygen atoms in total. The molecule has 0 heterocycles. The Labute approximate surface area is 97.7 Å². The highest BCUT2D eigenvalue weighted by atomic mass is 19.2. The van der Waals surface area contributed by atoms with Crippen molar-refractivity contribution in [1.29, 1.82) is 0 Å². The van der Waals surface area contributed by atoms with Gasteiger partial charge in [-0.25, -0.2) is 13.2 Å². The molecule has 0 radical (unpaired) electrons. The third-order valence-corrected chi connectivity index (χ3v) is 2.54. The quantitative estimate of drug-likeness (QED) is 0.644. The topological polar surface area (TPSA) is 0 Å². The first-order valence-electron chi connectivity index (χ1n) is 5.20. The molecule has 0 bridgehead atoms. The summed E-state index contributed by atoms with van der Waals surface area (Å²) >= 11 is 0. The molecule has 0 saturated carbocycles. The van der Waals surface area contributed by atoms with Gasteiger partial charge in [-0.15, -0.1) is 0 Å². The van der Waals surface area contributed by atoms with E-state index >= 15 is 0 Å². The molecule has 0 aromatic heterocycles. The van der Waals surface area contributed by atoms with Crippen molar-refractivity contribution in [3.8, 4) is 11.1 Å². The Morgan fingerprint density at radius 1 is 0.647 bits per heavy atom. The van der Waals surface area contributed by atoms with Crippen LogP contribution in [0.3, 0.4) is 0 Å². The Morgan fingerprint density at radius 3 is 1.53 bits per heavy atom. The Bertz CT molecular complexity index is 530. The van der Waals surface area contributed by atoms with Crippen molar-refractivity contribution in [2.24, 2.45) is 0 Å². The minimum atomic E-state index is -1.43. The third kappa shape index (κ3) is 2.33. The maximum Gasteiger partial charge on any atom is 0.194 e. The first kappa shape index (κ1) is 11.7. The van der Waals surface area contributed by atoms with Gasteiger partial charge in [-0.3, -0.25) is 0 Å². The Kier molecular flexibility index (Phi) is 2.92. The summed E-state index contributed by atoms with van der Waals surface area (Å²) in [6.45, 7) is 3.79. The highest BCUT2D eigenvalue weighted by Crippen LogP contribution is 2.25. The van der Waals surface area contributed by atoms with Crippen molar-refractivity contribution < 1.29 is 13.2 Å². The Hall–Kier alpha value is -1.77. The summed E-state index contributed by atoms with van der Waals surface area (Å²) in [5.41, 5.74) is 3.00. The molecule has 17 heavy (non-hydrogen) atoms. The van der Waals surface area contributed by atoms with E-state index in [-0.39, 0.29) is 0 Å². The fourth-order valence-electron chi connectivity index (χ4n) is 1.86. The zero-order chi connectivity index (χ0) is 12.6. The molecule has 0 spiro atoms. The van der Waals surface area contributed by atoms with Crippen molar-refractivity contribution in [1.82, 2.24) is 0 Å². The molecular weight excluding hydrogens is 225 g/mol. The predicted molar refractivity (Wildman–Crippen MR) is 61.2 cm³/mol. The Balaban J connectivity index is 2.60. The van der Waals surface area contributed by atoms with Crippen LogP contribution in [-0.2, 0) is 0 Å². The van der Waals surface area contributed by atoms with E-state index in [9.17, 15) is 13.2 Å². The van der Waals surface area contributed by atoms with Gasteiger partial charge in [-0.05, 0) is 37.1 Å².